The van der Waals surface area contributed by atoms with E-state index in [1.165, 1.54) is 24.5 Å². The lowest BCUT2D eigenvalue weighted by Crippen LogP contribution is -2.27. The van der Waals surface area contributed by atoms with Gasteiger partial charge in [0.25, 0.3) is 5.88 Å². The van der Waals surface area contributed by atoms with Gasteiger partial charge in [-0.1, -0.05) is 11.6 Å². The van der Waals surface area contributed by atoms with Crippen LogP contribution in [0.1, 0.15) is 19.0 Å². The SMILES string of the molecule is CCOC(=O)CC(N)Cc1ccnc(-c2ccc(Oc3ncc(Cl)cc3F)cc2F)n1. The molecule has 1 unspecified atom stereocenters. The van der Waals surface area contributed by atoms with Gasteiger partial charge in [0.2, 0.25) is 0 Å². The molecule has 7 nitrogen and oxygen atoms in total. The number of aromatic nitrogens is 3. The molecule has 2 heterocycles. The van der Waals surface area contributed by atoms with Crippen molar-refractivity contribution in [2.75, 3.05) is 6.61 Å². The van der Waals surface area contributed by atoms with Crippen LogP contribution in [0, 0.1) is 11.6 Å². The van der Waals surface area contributed by atoms with Crippen molar-refractivity contribution in [3.63, 3.8) is 0 Å². The van der Waals surface area contributed by atoms with Crippen molar-refractivity contribution in [2.24, 2.45) is 5.73 Å². The Morgan fingerprint density at radius 2 is 2.00 bits per heavy atom. The maximum atomic E-state index is 14.7. The van der Waals surface area contributed by atoms with Crippen LogP contribution >= 0.6 is 11.6 Å². The summed E-state index contributed by atoms with van der Waals surface area (Å²) in [6.07, 6.45) is 3.03. The average Bonchev–Trinajstić information content (AvgIpc) is 2.70. The lowest BCUT2D eigenvalue weighted by molar-refractivity contribution is -0.143. The van der Waals surface area contributed by atoms with Crippen molar-refractivity contribution in [3.05, 3.63) is 65.1 Å². The van der Waals surface area contributed by atoms with Crippen molar-refractivity contribution < 1.29 is 23.0 Å². The van der Waals surface area contributed by atoms with E-state index in [-0.39, 0.29) is 41.1 Å². The predicted molar refractivity (Wildman–Crippen MR) is 110 cm³/mol. The first-order chi connectivity index (χ1) is 14.9. The molecule has 0 fully saturated rings. The minimum Gasteiger partial charge on any atom is -0.466 e. The smallest absolute Gasteiger partial charge is 0.307 e. The van der Waals surface area contributed by atoms with Crippen LogP contribution in [0.4, 0.5) is 8.78 Å². The van der Waals surface area contributed by atoms with E-state index in [1.54, 1.807) is 13.0 Å². The fourth-order valence-corrected chi connectivity index (χ4v) is 2.89. The molecule has 0 bridgehead atoms. The summed E-state index contributed by atoms with van der Waals surface area (Å²) < 4.78 is 38.7. The fraction of sp³-hybridized carbons (Fsp3) is 0.238. The summed E-state index contributed by atoms with van der Waals surface area (Å²) in [4.78, 5) is 23.7. The molecule has 3 rings (SSSR count). The second kappa shape index (κ2) is 10.2. The van der Waals surface area contributed by atoms with Crippen LogP contribution in [-0.4, -0.2) is 33.6 Å². The lowest BCUT2D eigenvalue weighted by Gasteiger charge is -2.11. The Labute approximate surface area is 182 Å². The van der Waals surface area contributed by atoms with E-state index in [1.807, 2.05) is 0 Å². The minimum atomic E-state index is -0.771. The van der Waals surface area contributed by atoms with Crippen molar-refractivity contribution >= 4 is 17.6 Å². The van der Waals surface area contributed by atoms with Crippen LogP contribution in [0.15, 0.2) is 42.7 Å². The molecule has 0 aliphatic carbocycles. The molecule has 0 aliphatic heterocycles. The number of rotatable bonds is 8. The number of pyridine rings is 1. The molecule has 0 saturated carbocycles. The molecule has 2 N–H and O–H groups in total. The van der Waals surface area contributed by atoms with Gasteiger partial charge in [0.05, 0.1) is 23.6 Å². The first-order valence-corrected chi connectivity index (χ1v) is 9.75. The molecule has 0 spiro atoms. The zero-order chi connectivity index (χ0) is 22.4. The van der Waals surface area contributed by atoms with Crippen molar-refractivity contribution in [2.45, 2.75) is 25.8 Å². The van der Waals surface area contributed by atoms with Crippen LogP contribution in [0.2, 0.25) is 5.02 Å². The summed E-state index contributed by atoms with van der Waals surface area (Å²) in [5.41, 5.74) is 6.65. The number of nitrogens with zero attached hydrogens (tertiary/aromatic N) is 3. The van der Waals surface area contributed by atoms with Gasteiger partial charge < -0.3 is 15.2 Å². The molecular formula is C21H19ClF2N4O3. The number of hydrogen-bond acceptors (Lipinski definition) is 7. The number of nitrogens with two attached hydrogens (primary N) is 1. The molecule has 162 valence electrons. The third-order valence-corrected chi connectivity index (χ3v) is 4.30. The quantitative estimate of drug-likeness (QED) is 0.518. The van der Waals surface area contributed by atoms with E-state index in [0.29, 0.717) is 12.1 Å². The Morgan fingerprint density at radius 1 is 1.19 bits per heavy atom. The van der Waals surface area contributed by atoms with Gasteiger partial charge in [-0.3, -0.25) is 4.79 Å². The second-order valence-electron chi connectivity index (χ2n) is 6.53. The van der Waals surface area contributed by atoms with Gasteiger partial charge in [-0.2, -0.15) is 0 Å². The third-order valence-electron chi connectivity index (χ3n) is 4.09. The van der Waals surface area contributed by atoms with E-state index in [9.17, 15) is 13.6 Å². The highest BCUT2D eigenvalue weighted by Gasteiger charge is 2.15. The summed E-state index contributed by atoms with van der Waals surface area (Å²) in [6.45, 7) is 2.00. The first kappa shape index (κ1) is 22.5. The van der Waals surface area contributed by atoms with Crippen molar-refractivity contribution in [1.29, 1.82) is 0 Å². The summed E-state index contributed by atoms with van der Waals surface area (Å²) in [7, 11) is 0. The van der Waals surface area contributed by atoms with Crippen LogP contribution in [0.25, 0.3) is 11.4 Å². The molecule has 0 aliphatic rings. The minimum absolute atomic E-state index is 0.0441. The Kier molecular flexibility index (Phi) is 7.43. The van der Waals surface area contributed by atoms with Crippen molar-refractivity contribution in [1.82, 2.24) is 15.0 Å². The Balaban J connectivity index is 1.74. The molecule has 2 aromatic heterocycles. The highest BCUT2D eigenvalue weighted by atomic mass is 35.5. The number of ether oxygens (including phenoxy) is 2. The molecule has 31 heavy (non-hydrogen) atoms. The van der Waals surface area contributed by atoms with Crippen LogP contribution in [-0.2, 0) is 16.0 Å². The maximum absolute atomic E-state index is 14.7. The van der Waals surface area contributed by atoms with Crippen LogP contribution < -0.4 is 10.5 Å². The van der Waals surface area contributed by atoms with Gasteiger partial charge in [0, 0.05) is 36.6 Å². The maximum Gasteiger partial charge on any atom is 0.307 e. The standard InChI is InChI=1S/C21H19ClF2N4O3/c1-2-30-19(29)9-13(25)8-14-5-6-26-20(28-14)16-4-3-15(10-17(16)23)31-21-18(24)7-12(22)11-27-21/h3-7,10-11,13H,2,8-9,25H2,1H3. The molecule has 1 atom stereocenters. The summed E-state index contributed by atoms with van der Waals surface area (Å²) >= 11 is 5.65. The van der Waals surface area contributed by atoms with E-state index in [0.717, 1.165) is 12.1 Å². The van der Waals surface area contributed by atoms with E-state index in [2.05, 4.69) is 15.0 Å². The van der Waals surface area contributed by atoms with Gasteiger partial charge in [0.15, 0.2) is 11.6 Å². The van der Waals surface area contributed by atoms with E-state index in [4.69, 9.17) is 26.8 Å². The number of hydrogen-bond donors (Lipinski definition) is 1. The molecule has 10 heteroatoms. The lowest BCUT2D eigenvalue weighted by atomic mass is 10.1. The number of carbonyl (C=O) groups excluding carboxylic acids is 1. The summed E-state index contributed by atoms with van der Waals surface area (Å²) in [5.74, 6) is -1.97. The zero-order valence-electron chi connectivity index (χ0n) is 16.5. The molecule has 3 aromatic rings. The van der Waals surface area contributed by atoms with Gasteiger partial charge in [-0.15, -0.1) is 0 Å². The monoisotopic (exact) mass is 448 g/mol. The Hall–Kier alpha value is -3.17. The molecule has 0 radical (unpaired) electrons. The van der Waals surface area contributed by atoms with E-state index < -0.39 is 23.6 Å². The highest BCUT2D eigenvalue weighted by molar-refractivity contribution is 6.30. The third kappa shape index (κ3) is 6.16. The van der Waals surface area contributed by atoms with Gasteiger partial charge in [-0.25, -0.2) is 23.7 Å². The van der Waals surface area contributed by atoms with Crippen LogP contribution in [0.3, 0.4) is 0 Å². The summed E-state index contributed by atoms with van der Waals surface area (Å²) in [5, 5.41) is 0.116. The fourth-order valence-electron chi connectivity index (χ4n) is 2.74. The second-order valence-corrected chi connectivity index (χ2v) is 6.97. The number of carbonyl (C=O) groups is 1. The largest absolute Gasteiger partial charge is 0.466 e. The zero-order valence-corrected chi connectivity index (χ0v) is 17.3. The van der Waals surface area contributed by atoms with Crippen LogP contribution in [0.5, 0.6) is 11.6 Å². The van der Waals surface area contributed by atoms with Gasteiger partial charge >= 0.3 is 5.97 Å². The number of halogens is 3. The topological polar surface area (TPSA) is 100 Å². The highest BCUT2D eigenvalue weighted by Crippen LogP contribution is 2.28. The Bertz CT molecular complexity index is 1080. The molecule has 0 amide bonds. The van der Waals surface area contributed by atoms with E-state index >= 15 is 0 Å². The Morgan fingerprint density at radius 3 is 2.71 bits per heavy atom. The number of benzene rings is 1. The first-order valence-electron chi connectivity index (χ1n) is 9.37. The molecule has 0 saturated heterocycles. The van der Waals surface area contributed by atoms with Gasteiger partial charge in [-0.05, 0) is 31.2 Å². The molecular weight excluding hydrogens is 430 g/mol. The van der Waals surface area contributed by atoms with Gasteiger partial charge in [0.1, 0.15) is 11.6 Å². The summed E-state index contributed by atoms with van der Waals surface area (Å²) in [6, 6.07) is 6.11. The normalized spacial score (nSPS) is 11.8. The van der Waals surface area contributed by atoms with Crippen molar-refractivity contribution in [3.8, 4) is 23.0 Å². The predicted octanol–water partition coefficient (Wildman–Crippen LogP) is 4.09. The molecule has 1 aromatic carbocycles. The number of esters is 1. The average molecular weight is 449 g/mol.